The molecule has 1 saturated heterocycles. The monoisotopic (exact) mass is 514 g/mol. The summed E-state index contributed by atoms with van der Waals surface area (Å²) in [7, 11) is 0. The van der Waals surface area contributed by atoms with Crippen molar-refractivity contribution in [1.29, 1.82) is 0 Å². The Balaban J connectivity index is 1.37. The van der Waals surface area contributed by atoms with Gasteiger partial charge in [0.15, 0.2) is 6.29 Å². The van der Waals surface area contributed by atoms with Crippen LogP contribution in [0, 0.1) is 35.1 Å². The lowest BCUT2D eigenvalue weighted by atomic mass is 9.77. The predicted octanol–water partition coefficient (Wildman–Crippen LogP) is 7.82. The molecule has 4 rings (SSSR count). The van der Waals surface area contributed by atoms with Crippen LogP contribution in [0.2, 0.25) is 0 Å². The van der Waals surface area contributed by atoms with Crippen LogP contribution in [0.25, 0.3) is 0 Å². The smallest absolute Gasteiger partial charge is 0.400 e. The maximum atomic E-state index is 15.0. The van der Waals surface area contributed by atoms with Gasteiger partial charge in [-0.15, -0.1) is 6.58 Å². The van der Waals surface area contributed by atoms with Gasteiger partial charge in [-0.3, -0.25) is 0 Å². The highest BCUT2D eigenvalue weighted by Crippen LogP contribution is 2.45. The fourth-order valence-electron chi connectivity index (χ4n) is 4.93. The molecule has 0 bridgehead atoms. The lowest BCUT2D eigenvalue weighted by Crippen LogP contribution is -2.37. The van der Waals surface area contributed by atoms with Gasteiger partial charge >= 0.3 is 6.11 Å². The first-order valence-electron chi connectivity index (χ1n) is 12.0. The second-order valence-corrected chi connectivity index (χ2v) is 9.45. The molecule has 1 aliphatic heterocycles. The van der Waals surface area contributed by atoms with E-state index < -0.39 is 53.3 Å². The van der Waals surface area contributed by atoms with Gasteiger partial charge in [0.05, 0.1) is 19.1 Å². The standard InChI is InChI=1S/C27H28F6O3/c1-2-3-4-16-14-34-26(35-15-16)18-9-23(30)25(24(31)10-18)17-5-7-19(8-6-17)27(32,33)36-22-12-20(28)11-21(29)13-22/h2,9-13,16-17,19,26H,1,3-8,14-15H2. The Bertz CT molecular complexity index is 1020. The normalized spacial score (nSPS) is 24.9. The number of alkyl halides is 2. The number of allylic oxidation sites excluding steroid dienone is 1. The minimum atomic E-state index is -3.69. The van der Waals surface area contributed by atoms with Gasteiger partial charge in [0, 0.05) is 35.2 Å². The molecule has 2 fully saturated rings. The summed E-state index contributed by atoms with van der Waals surface area (Å²) in [4.78, 5) is 0. The lowest BCUT2D eigenvalue weighted by molar-refractivity contribution is -0.222. The maximum Gasteiger partial charge on any atom is 0.400 e. The topological polar surface area (TPSA) is 27.7 Å². The quantitative estimate of drug-likeness (QED) is 0.266. The highest BCUT2D eigenvalue weighted by Gasteiger charge is 2.45. The summed E-state index contributed by atoms with van der Waals surface area (Å²) in [6.07, 6.45) is -1.01. The molecule has 9 heteroatoms. The third-order valence-corrected chi connectivity index (χ3v) is 6.82. The van der Waals surface area contributed by atoms with E-state index in [0.717, 1.165) is 12.8 Å². The number of hydrogen-bond donors (Lipinski definition) is 0. The Hall–Kier alpha value is -2.52. The molecule has 36 heavy (non-hydrogen) atoms. The van der Waals surface area contributed by atoms with E-state index in [0.29, 0.717) is 31.4 Å². The van der Waals surface area contributed by atoms with E-state index in [1.165, 1.54) is 12.1 Å². The molecular weight excluding hydrogens is 486 g/mol. The van der Waals surface area contributed by atoms with Crippen molar-refractivity contribution in [3.8, 4) is 5.75 Å². The molecular formula is C27H28F6O3. The predicted molar refractivity (Wildman–Crippen MR) is 121 cm³/mol. The Morgan fingerprint density at radius 3 is 2.03 bits per heavy atom. The summed E-state index contributed by atoms with van der Waals surface area (Å²) < 4.78 is 102. The maximum absolute atomic E-state index is 15.0. The van der Waals surface area contributed by atoms with Crippen molar-refractivity contribution in [3.05, 3.63) is 77.4 Å². The Morgan fingerprint density at radius 1 is 0.889 bits per heavy atom. The zero-order valence-electron chi connectivity index (χ0n) is 19.6. The number of halogens is 6. The van der Waals surface area contributed by atoms with E-state index in [4.69, 9.17) is 9.47 Å². The molecule has 1 heterocycles. The van der Waals surface area contributed by atoms with Crippen molar-refractivity contribution in [2.45, 2.75) is 56.8 Å². The molecule has 2 aromatic carbocycles. The van der Waals surface area contributed by atoms with Crippen molar-refractivity contribution in [2.75, 3.05) is 13.2 Å². The van der Waals surface area contributed by atoms with E-state index in [2.05, 4.69) is 11.3 Å². The van der Waals surface area contributed by atoms with Gasteiger partial charge in [0.2, 0.25) is 0 Å². The summed E-state index contributed by atoms with van der Waals surface area (Å²) in [5, 5.41) is 0. The molecule has 0 radical (unpaired) electrons. The van der Waals surface area contributed by atoms with Crippen LogP contribution >= 0.6 is 0 Å². The summed E-state index contributed by atoms with van der Waals surface area (Å²) in [5.41, 5.74) is 0.0835. The van der Waals surface area contributed by atoms with Crippen molar-refractivity contribution >= 4 is 0 Å². The van der Waals surface area contributed by atoms with Crippen LogP contribution in [0.3, 0.4) is 0 Å². The zero-order chi connectivity index (χ0) is 25.9. The average Bonchev–Trinajstić information content (AvgIpc) is 2.82. The van der Waals surface area contributed by atoms with E-state index in [-0.39, 0.29) is 42.7 Å². The van der Waals surface area contributed by atoms with E-state index in [9.17, 15) is 26.3 Å². The largest absolute Gasteiger partial charge is 0.432 e. The first-order chi connectivity index (χ1) is 17.2. The molecule has 0 N–H and O–H groups in total. The third kappa shape index (κ3) is 6.24. The van der Waals surface area contributed by atoms with Crippen molar-refractivity contribution in [3.63, 3.8) is 0 Å². The van der Waals surface area contributed by atoms with Crippen molar-refractivity contribution < 1.29 is 40.6 Å². The van der Waals surface area contributed by atoms with Crippen LogP contribution in [-0.2, 0) is 9.47 Å². The van der Waals surface area contributed by atoms with Crippen LogP contribution in [0.5, 0.6) is 5.75 Å². The fraction of sp³-hybridized carbons (Fsp3) is 0.481. The van der Waals surface area contributed by atoms with E-state index in [1.807, 2.05) is 6.08 Å². The number of ether oxygens (including phenoxy) is 3. The second kappa shape index (κ2) is 11.3. The molecule has 2 aliphatic rings. The summed E-state index contributed by atoms with van der Waals surface area (Å²) in [5.74, 6) is -5.89. The molecule has 0 unspecified atom stereocenters. The lowest BCUT2D eigenvalue weighted by Gasteiger charge is -2.34. The first-order valence-corrected chi connectivity index (χ1v) is 12.0. The summed E-state index contributed by atoms with van der Waals surface area (Å²) in [6, 6.07) is 4.26. The van der Waals surface area contributed by atoms with Gasteiger partial charge < -0.3 is 14.2 Å². The molecule has 196 valence electrons. The van der Waals surface area contributed by atoms with Gasteiger partial charge in [0.1, 0.15) is 29.0 Å². The van der Waals surface area contributed by atoms with Crippen LogP contribution in [0.15, 0.2) is 43.0 Å². The Morgan fingerprint density at radius 2 is 1.47 bits per heavy atom. The zero-order valence-corrected chi connectivity index (χ0v) is 19.6. The first kappa shape index (κ1) is 26.5. The van der Waals surface area contributed by atoms with Crippen molar-refractivity contribution in [2.24, 2.45) is 11.8 Å². The molecule has 3 nitrogen and oxygen atoms in total. The fourth-order valence-corrected chi connectivity index (χ4v) is 4.93. The Kier molecular flexibility index (Phi) is 8.30. The Labute approximate surface area is 206 Å². The van der Waals surface area contributed by atoms with Crippen LogP contribution in [0.4, 0.5) is 26.3 Å². The highest BCUT2D eigenvalue weighted by molar-refractivity contribution is 5.30. The van der Waals surface area contributed by atoms with Gasteiger partial charge in [-0.05, 0) is 56.6 Å². The number of benzene rings is 2. The van der Waals surface area contributed by atoms with E-state index in [1.54, 1.807) is 0 Å². The number of rotatable bonds is 8. The average molecular weight is 515 g/mol. The van der Waals surface area contributed by atoms with Gasteiger partial charge in [-0.1, -0.05) is 6.08 Å². The molecule has 2 aromatic rings. The van der Waals surface area contributed by atoms with Crippen LogP contribution in [0.1, 0.15) is 61.9 Å². The SMILES string of the molecule is C=CCCC1COC(c2cc(F)c(C3CCC(C(F)(F)Oc4cc(F)cc(F)c4)CC3)c(F)c2)OC1. The minimum Gasteiger partial charge on any atom is -0.432 e. The second-order valence-electron chi connectivity index (χ2n) is 9.45. The molecule has 1 aliphatic carbocycles. The molecule has 1 saturated carbocycles. The van der Waals surface area contributed by atoms with E-state index >= 15 is 0 Å². The number of hydrogen-bond acceptors (Lipinski definition) is 3. The molecule has 0 aromatic heterocycles. The van der Waals surface area contributed by atoms with Gasteiger partial charge in [0.25, 0.3) is 0 Å². The molecule has 0 amide bonds. The third-order valence-electron chi connectivity index (χ3n) is 6.82. The van der Waals surface area contributed by atoms with Gasteiger partial charge in [-0.2, -0.15) is 8.78 Å². The molecule has 0 atom stereocenters. The molecule has 0 spiro atoms. The van der Waals surface area contributed by atoms with Crippen molar-refractivity contribution in [1.82, 2.24) is 0 Å². The van der Waals surface area contributed by atoms with Gasteiger partial charge in [-0.25, -0.2) is 17.6 Å². The van der Waals surface area contributed by atoms with Crippen LogP contribution < -0.4 is 4.74 Å². The summed E-state index contributed by atoms with van der Waals surface area (Å²) >= 11 is 0. The summed E-state index contributed by atoms with van der Waals surface area (Å²) in [6.45, 7) is 4.50. The highest BCUT2D eigenvalue weighted by atomic mass is 19.3. The minimum absolute atomic E-state index is 0.0724. The van der Waals surface area contributed by atoms with Crippen LogP contribution in [-0.4, -0.2) is 19.3 Å².